The first-order valence-electron chi connectivity index (χ1n) is 7.87. The van der Waals surface area contributed by atoms with Crippen molar-refractivity contribution in [3.8, 4) is 5.75 Å². The topological polar surface area (TPSA) is 67.4 Å². The van der Waals surface area contributed by atoms with E-state index in [0.29, 0.717) is 23.6 Å². The van der Waals surface area contributed by atoms with Crippen LogP contribution in [0, 0.1) is 5.82 Å². The smallest absolute Gasteiger partial charge is 0.276 e. The minimum Gasteiger partial charge on any atom is -0.484 e. The number of carbonyl (C=O) groups is 2. The first kappa shape index (κ1) is 20.1. The number of thioether (sulfide) groups is 1. The van der Waals surface area contributed by atoms with E-state index in [1.807, 2.05) is 24.3 Å². The number of benzene rings is 2. The summed E-state index contributed by atoms with van der Waals surface area (Å²) in [6.07, 6.45) is 0.959. The van der Waals surface area contributed by atoms with Crippen molar-refractivity contribution >= 4 is 35.2 Å². The Kier molecular flexibility index (Phi) is 8.24. The van der Waals surface area contributed by atoms with Crippen molar-refractivity contribution in [3.63, 3.8) is 0 Å². The van der Waals surface area contributed by atoms with Crippen LogP contribution in [-0.2, 0) is 9.59 Å². The van der Waals surface area contributed by atoms with Crippen molar-refractivity contribution in [3.05, 3.63) is 59.4 Å². The fraction of sp³-hybridized carbons (Fsp3) is 0.222. The zero-order chi connectivity index (χ0) is 18.8. The van der Waals surface area contributed by atoms with E-state index in [1.165, 1.54) is 24.3 Å². The van der Waals surface area contributed by atoms with Gasteiger partial charge < -0.3 is 4.74 Å². The molecule has 0 fully saturated rings. The molecule has 8 heteroatoms. The third kappa shape index (κ3) is 7.76. The Hall–Kier alpha value is -2.25. The largest absolute Gasteiger partial charge is 0.484 e. The predicted molar refractivity (Wildman–Crippen MR) is 99.6 cm³/mol. The van der Waals surface area contributed by atoms with Crippen LogP contribution >= 0.6 is 23.4 Å². The van der Waals surface area contributed by atoms with Gasteiger partial charge in [-0.3, -0.25) is 20.4 Å². The van der Waals surface area contributed by atoms with Crippen molar-refractivity contribution in [1.29, 1.82) is 0 Å². The van der Waals surface area contributed by atoms with Crippen LogP contribution in [0.5, 0.6) is 5.75 Å². The number of halogens is 2. The summed E-state index contributed by atoms with van der Waals surface area (Å²) >= 11 is 7.45. The molecule has 0 spiro atoms. The molecule has 0 heterocycles. The second kappa shape index (κ2) is 10.7. The van der Waals surface area contributed by atoms with E-state index in [0.717, 1.165) is 10.6 Å². The number of carbonyl (C=O) groups excluding carboxylic acids is 2. The normalized spacial score (nSPS) is 10.2. The fourth-order valence-electron chi connectivity index (χ4n) is 1.87. The molecule has 2 aromatic carbocycles. The Bertz CT molecular complexity index is 726. The second-order valence-corrected chi connectivity index (χ2v) is 6.85. The minimum absolute atomic E-state index is 0.279. The Morgan fingerprint density at radius 1 is 1.00 bits per heavy atom. The Morgan fingerprint density at radius 2 is 1.65 bits per heavy atom. The summed E-state index contributed by atoms with van der Waals surface area (Å²) < 4.78 is 17.9. The highest BCUT2D eigenvalue weighted by Crippen LogP contribution is 2.21. The molecule has 0 aliphatic carbocycles. The van der Waals surface area contributed by atoms with Gasteiger partial charge in [0.15, 0.2) is 6.61 Å². The molecule has 0 aliphatic heterocycles. The number of nitrogens with one attached hydrogen (secondary N) is 2. The first-order chi connectivity index (χ1) is 12.5. The molecule has 2 rings (SSSR count). The summed E-state index contributed by atoms with van der Waals surface area (Å²) in [6.45, 7) is -0.279. The van der Waals surface area contributed by atoms with E-state index in [2.05, 4.69) is 10.9 Å². The molecule has 26 heavy (non-hydrogen) atoms. The van der Waals surface area contributed by atoms with Gasteiger partial charge >= 0.3 is 0 Å². The van der Waals surface area contributed by atoms with Crippen LogP contribution in [0.2, 0.25) is 5.02 Å². The minimum atomic E-state index is -0.502. The Balaban J connectivity index is 1.55. The maximum absolute atomic E-state index is 12.7. The summed E-state index contributed by atoms with van der Waals surface area (Å²) in [5, 5.41) is 0.688. The zero-order valence-electron chi connectivity index (χ0n) is 13.8. The van der Waals surface area contributed by atoms with Gasteiger partial charge in [0, 0.05) is 16.3 Å². The molecule has 2 amide bonds. The summed E-state index contributed by atoms with van der Waals surface area (Å²) in [7, 11) is 0. The van der Waals surface area contributed by atoms with E-state index in [1.54, 1.807) is 11.8 Å². The molecule has 138 valence electrons. The molecule has 0 bridgehead atoms. The summed E-state index contributed by atoms with van der Waals surface area (Å²) in [6, 6.07) is 12.8. The lowest BCUT2D eigenvalue weighted by molar-refractivity contribution is -0.130. The van der Waals surface area contributed by atoms with E-state index < -0.39 is 5.91 Å². The van der Waals surface area contributed by atoms with Gasteiger partial charge in [-0.25, -0.2) is 4.39 Å². The highest BCUT2D eigenvalue weighted by atomic mass is 35.5. The van der Waals surface area contributed by atoms with Gasteiger partial charge in [0.05, 0.1) is 0 Å². The monoisotopic (exact) mass is 396 g/mol. The van der Waals surface area contributed by atoms with Gasteiger partial charge in [0.25, 0.3) is 5.91 Å². The third-order valence-electron chi connectivity index (χ3n) is 3.16. The molecular weight excluding hydrogens is 379 g/mol. The zero-order valence-corrected chi connectivity index (χ0v) is 15.4. The number of hydrogen-bond donors (Lipinski definition) is 2. The fourth-order valence-corrected chi connectivity index (χ4v) is 2.85. The van der Waals surface area contributed by atoms with Crippen molar-refractivity contribution in [2.24, 2.45) is 0 Å². The van der Waals surface area contributed by atoms with Crippen LogP contribution in [0.4, 0.5) is 4.39 Å². The third-order valence-corrected chi connectivity index (χ3v) is 4.51. The van der Waals surface area contributed by atoms with E-state index >= 15 is 0 Å². The van der Waals surface area contributed by atoms with Crippen LogP contribution in [-0.4, -0.2) is 24.2 Å². The Morgan fingerprint density at radius 3 is 2.35 bits per heavy atom. The highest BCUT2D eigenvalue weighted by molar-refractivity contribution is 7.99. The Labute approximate surface area is 160 Å². The predicted octanol–water partition coefficient (Wildman–Crippen LogP) is 3.58. The van der Waals surface area contributed by atoms with Gasteiger partial charge in [0.1, 0.15) is 11.6 Å². The average molecular weight is 397 g/mol. The summed E-state index contributed by atoms with van der Waals surface area (Å²) in [4.78, 5) is 24.4. The van der Waals surface area contributed by atoms with Crippen molar-refractivity contribution in [1.82, 2.24) is 10.9 Å². The first-order valence-corrected chi connectivity index (χ1v) is 9.24. The van der Waals surface area contributed by atoms with Gasteiger partial charge in [-0.05, 0) is 60.7 Å². The molecule has 2 aromatic rings. The van der Waals surface area contributed by atoms with Gasteiger partial charge in [-0.2, -0.15) is 0 Å². The van der Waals surface area contributed by atoms with Crippen LogP contribution in [0.15, 0.2) is 53.4 Å². The molecule has 0 saturated carbocycles. The van der Waals surface area contributed by atoms with E-state index in [9.17, 15) is 14.0 Å². The van der Waals surface area contributed by atoms with Crippen LogP contribution in [0.1, 0.15) is 12.8 Å². The SMILES string of the molecule is O=C(CCCSc1ccc(Cl)cc1)NNC(=O)COc1ccc(F)cc1. The molecule has 0 saturated heterocycles. The average Bonchev–Trinajstić information content (AvgIpc) is 2.64. The van der Waals surface area contributed by atoms with E-state index in [-0.39, 0.29) is 18.3 Å². The molecule has 0 unspecified atom stereocenters. The van der Waals surface area contributed by atoms with Crippen LogP contribution in [0.25, 0.3) is 0 Å². The molecule has 0 radical (unpaired) electrons. The maximum atomic E-state index is 12.7. The van der Waals surface area contributed by atoms with E-state index in [4.69, 9.17) is 16.3 Å². The summed E-state index contributed by atoms with van der Waals surface area (Å²) in [5.74, 6) is -0.0260. The molecule has 0 aliphatic rings. The maximum Gasteiger partial charge on any atom is 0.276 e. The highest BCUT2D eigenvalue weighted by Gasteiger charge is 2.06. The number of ether oxygens (including phenoxy) is 1. The van der Waals surface area contributed by atoms with Crippen LogP contribution < -0.4 is 15.6 Å². The van der Waals surface area contributed by atoms with Gasteiger partial charge in [-0.1, -0.05) is 11.6 Å². The quantitative estimate of drug-likeness (QED) is 0.406. The van der Waals surface area contributed by atoms with Crippen LogP contribution in [0.3, 0.4) is 0 Å². The molecular formula is C18H18ClFN2O3S. The molecule has 0 aromatic heterocycles. The van der Waals surface area contributed by atoms with Gasteiger partial charge in [0.2, 0.25) is 5.91 Å². The lowest BCUT2D eigenvalue weighted by Gasteiger charge is -2.09. The van der Waals surface area contributed by atoms with Crippen molar-refractivity contribution < 1.29 is 18.7 Å². The van der Waals surface area contributed by atoms with Crippen molar-refractivity contribution in [2.75, 3.05) is 12.4 Å². The molecule has 2 N–H and O–H groups in total. The molecule has 5 nitrogen and oxygen atoms in total. The molecule has 0 atom stereocenters. The number of hydrogen-bond acceptors (Lipinski definition) is 4. The second-order valence-electron chi connectivity index (χ2n) is 5.24. The van der Waals surface area contributed by atoms with Gasteiger partial charge in [-0.15, -0.1) is 11.8 Å². The lowest BCUT2D eigenvalue weighted by atomic mass is 10.3. The van der Waals surface area contributed by atoms with Crippen molar-refractivity contribution in [2.45, 2.75) is 17.7 Å². The standard InChI is InChI=1S/C18H18ClFN2O3S/c19-13-3-9-16(10-4-13)26-11-1-2-17(23)21-22-18(24)12-25-15-7-5-14(20)6-8-15/h3-10H,1-2,11-12H2,(H,21,23)(H,22,24). The number of rotatable bonds is 8. The number of hydrazine groups is 1. The summed E-state index contributed by atoms with van der Waals surface area (Å²) in [5.41, 5.74) is 4.60. The number of amides is 2. The lowest BCUT2D eigenvalue weighted by Crippen LogP contribution is -2.43.